The van der Waals surface area contributed by atoms with Crippen LogP contribution in [-0.2, 0) is 11.2 Å². The van der Waals surface area contributed by atoms with Crippen molar-refractivity contribution in [2.24, 2.45) is 5.92 Å². The molecular weight excluding hydrogens is 184 g/mol. The van der Waals surface area contributed by atoms with Crippen LogP contribution in [0.1, 0.15) is 5.56 Å². The van der Waals surface area contributed by atoms with E-state index in [1.807, 2.05) is 30.3 Å². The second kappa shape index (κ2) is 4.92. The molecule has 70 valence electrons. The minimum atomic E-state index is -0.529. The molecular formula is C10H13O2S+. The van der Waals surface area contributed by atoms with Crippen LogP contribution in [0.25, 0.3) is 0 Å². The van der Waals surface area contributed by atoms with Crippen LogP contribution in [0, 0.1) is 5.92 Å². The molecule has 0 aromatic heterocycles. The maximum absolute atomic E-state index is 10.8. The summed E-state index contributed by atoms with van der Waals surface area (Å²) in [6.07, 6.45) is 0.618. The van der Waals surface area contributed by atoms with Gasteiger partial charge in [0.25, 0.3) is 0 Å². The third-order valence-corrected chi connectivity index (χ3v) is 2.36. The summed E-state index contributed by atoms with van der Waals surface area (Å²) in [6.45, 7) is 0. The van der Waals surface area contributed by atoms with Crippen molar-refractivity contribution >= 4 is 18.6 Å². The zero-order valence-electron chi connectivity index (χ0n) is 7.23. The Morgan fingerprint density at radius 1 is 1.38 bits per heavy atom. The third-order valence-electron chi connectivity index (χ3n) is 1.92. The molecule has 1 rings (SSSR count). The Kier molecular flexibility index (Phi) is 3.83. The van der Waals surface area contributed by atoms with Crippen molar-refractivity contribution in [1.82, 2.24) is 0 Å². The molecule has 1 aromatic carbocycles. The van der Waals surface area contributed by atoms with E-state index in [0.717, 1.165) is 5.56 Å². The van der Waals surface area contributed by atoms with E-state index in [1.165, 1.54) is 0 Å². The molecule has 1 unspecified atom stereocenters. The van der Waals surface area contributed by atoms with Gasteiger partial charge in [-0.2, -0.15) is 12.6 Å². The average molecular weight is 197 g/mol. The van der Waals surface area contributed by atoms with E-state index < -0.39 is 5.97 Å². The topological polar surface area (TPSA) is 40.0 Å². The summed E-state index contributed by atoms with van der Waals surface area (Å²) < 4.78 is 0. The van der Waals surface area contributed by atoms with E-state index in [0.29, 0.717) is 12.2 Å². The van der Waals surface area contributed by atoms with E-state index in [9.17, 15) is 4.79 Å². The molecule has 1 atom stereocenters. The second-order valence-corrected chi connectivity index (χ2v) is 3.30. The molecule has 2 N–H and O–H groups in total. The number of carbonyl (C=O) groups excluding carboxylic acids is 1. The van der Waals surface area contributed by atoms with Crippen molar-refractivity contribution in [3.8, 4) is 0 Å². The Bertz CT molecular complexity index is 272. The van der Waals surface area contributed by atoms with Gasteiger partial charge >= 0.3 is 5.97 Å². The molecule has 2 nitrogen and oxygen atoms in total. The van der Waals surface area contributed by atoms with Crippen molar-refractivity contribution in [2.45, 2.75) is 6.42 Å². The molecule has 0 aliphatic carbocycles. The maximum Gasteiger partial charge on any atom is 0.520 e. The molecule has 0 aliphatic rings. The minimum Gasteiger partial charge on any atom is -0.564 e. The third kappa shape index (κ3) is 3.11. The smallest absolute Gasteiger partial charge is 0.520 e. The summed E-state index contributed by atoms with van der Waals surface area (Å²) in [5.41, 5.74) is 1.09. The van der Waals surface area contributed by atoms with Crippen LogP contribution in [0.5, 0.6) is 0 Å². The van der Waals surface area contributed by atoms with Crippen molar-refractivity contribution in [2.75, 3.05) is 5.75 Å². The number of hydrogen-bond donors (Lipinski definition) is 1. The van der Waals surface area contributed by atoms with Crippen LogP contribution in [0.2, 0.25) is 0 Å². The van der Waals surface area contributed by atoms with Gasteiger partial charge in [-0.25, -0.2) is 0 Å². The number of thiol groups is 1. The number of benzene rings is 1. The monoisotopic (exact) mass is 197 g/mol. The van der Waals surface area contributed by atoms with Gasteiger partial charge in [-0.05, 0) is 12.0 Å². The van der Waals surface area contributed by atoms with Gasteiger partial charge in [0.15, 0.2) is 0 Å². The van der Waals surface area contributed by atoms with Gasteiger partial charge in [-0.1, -0.05) is 30.3 Å². The Morgan fingerprint density at radius 3 is 2.46 bits per heavy atom. The number of hydrogen-bond acceptors (Lipinski definition) is 2. The first-order valence-electron chi connectivity index (χ1n) is 4.14. The van der Waals surface area contributed by atoms with E-state index in [1.54, 1.807) is 0 Å². The predicted octanol–water partition coefficient (Wildman–Crippen LogP) is 1.03. The molecule has 0 saturated heterocycles. The molecule has 0 aliphatic heterocycles. The van der Waals surface area contributed by atoms with E-state index in [-0.39, 0.29) is 5.92 Å². The Labute approximate surface area is 83.0 Å². The van der Waals surface area contributed by atoms with Crippen LogP contribution in [0.4, 0.5) is 0 Å². The number of rotatable bonds is 4. The van der Waals surface area contributed by atoms with E-state index in [2.05, 4.69) is 12.6 Å². The summed E-state index contributed by atoms with van der Waals surface area (Å²) in [6, 6.07) is 9.71. The van der Waals surface area contributed by atoms with Gasteiger partial charge in [-0.3, -0.25) is 0 Å². The van der Waals surface area contributed by atoms with E-state index >= 15 is 0 Å². The van der Waals surface area contributed by atoms with Crippen molar-refractivity contribution < 1.29 is 9.90 Å². The summed E-state index contributed by atoms with van der Waals surface area (Å²) in [5, 5.41) is 7.00. The van der Waals surface area contributed by atoms with Crippen LogP contribution in [0.3, 0.4) is 0 Å². The van der Waals surface area contributed by atoms with Gasteiger partial charge in [0.2, 0.25) is 0 Å². The van der Waals surface area contributed by atoms with Gasteiger partial charge in [0.05, 0.1) is 0 Å². The fourth-order valence-electron chi connectivity index (χ4n) is 1.14. The molecule has 13 heavy (non-hydrogen) atoms. The van der Waals surface area contributed by atoms with Crippen LogP contribution in [-0.4, -0.2) is 16.8 Å². The van der Waals surface area contributed by atoms with Crippen molar-refractivity contribution in [3.63, 3.8) is 0 Å². The standard InChI is InChI=1S/C10H12O2S/c11-10(12)9(7-13)6-8-4-2-1-3-5-8/h1-5,9,13H,6-7H2,(H,11,12)/p+1. The highest BCUT2D eigenvalue weighted by Gasteiger charge is 2.22. The fourth-order valence-corrected chi connectivity index (χ4v) is 1.43. The second-order valence-electron chi connectivity index (χ2n) is 2.93. The maximum atomic E-state index is 10.8. The van der Waals surface area contributed by atoms with E-state index in [4.69, 9.17) is 5.11 Å². The van der Waals surface area contributed by atoms with Gasteiger partial charge in [0.1, 0.15) is 5.92 Å². The van der Waals surface area contributed by atoms with Crippen LogP contribution >= 0.6 is 12.6 Å². The lowest BCUT2D eigenvalue weighted by molar-refractivity contribution is -0.140. The highest BCUT2D eigenvalue weighted by molar-refractivity contribution is 7.80. The molecule has 0 saturated carbocycles. The molecule has 3 heteroatoms. The Hall–Kier alpha value is -0.960. The Morgan fingerprint density at radius 2 is 2.00 bits per heavy atom. The quantitative estimate of drug-likeness (QED) is 0.568. The van der Waals surface area contributed by atoms with Gasteiger partial charge in [0, 0.05) is 10.5 Å². The lowest BCUT2D eigenvalue weighted by Crippen LogP contribution is -2.17. The lowest BCUT2D eigenvalue weighted by atomic mass is 10.0. The normalized spacial score (nSPS) is 12.4. The fraction of sp³-hybridized carbons (Fsp3) is 0.300. The van der Waals surface area contributed by atoms with Crippen LogP contribution < -0.4 is 0 Å². The van der Waals surface area contributed by atoms with Gasteiger partial charge < -0.3 is 5.11 Å². The molecule has 0 spiro atoms. The molecule has 0 bridgehead atoms. The molecule has 0 heterocycles. The van der Waals surface area contributed by atoms with Crippen molar-refractivity contribution in [3.05, 3.63) is 35.9 Å². The number of carbonyl (C=O) groups is 1. The highest BCUT2D eigenvalue weighted by atomic mass is 32.1. The van der Waals surface area contributed by atoms with Crippen LogP contribution in [0.15, 0.2) is 30.3 Å². The minimum absolute atomic E-state index is 0.272. The molecule has 0 amide bonds. The SMILES string of the molecule is O=C([OH2+])C(CS)Cc1ccccc1. The summed E-state index contributed by atoms with van der Waals surface area (Å²) in [5.74, 6) is -0.360. The zero-order valence-corrected chi connectivity index (χ0v) is 8.13. The summed E-state index contributed by atoms with van der Waals surface area (Å²) in [4.78, 5) is 10.8. The summed E-state index contributed by atoms with van der Waals surface area (Å²) in [7, 11) is 0. The first kappa shape index (κ1) is 10.1. The van der Waals surface area contributed by atoms with Gasteiger partial charge in [-0.15, -0.1) is 0 Å². The predicted molar refractivity (Wildman–Crippen MR) is 56.1 cm³/mol. The largest absolute Gasteiger partial charge is 0.564 e. The molecule has 0 radical (unpaired) electrons. The molecule has 0 fully saturated rings. The zero-order chi connectivity index (χ0) is 9.68. The lowest BCUT2D eigenvalue weighted by Gasteiger charge is -2.04. The highest BCUT2D eigenvalue weighted by Crippen LogP contribution is 2.10. The first-order valence-corrected chi connectivity index (χ1v) is 4.77. The Balaban J connectivity index is 2.62. The average Bonchev–Trinajstić information content (AvgIpc) is 2.15. The first-order chi connectivity index (χ1) is 6.24. The summed E-state index contributed by atoms with van der Waals surface area (Å²) >= 11 is 4.04. The van der Waals surface area contributed by atoms with Crippen molar-refractivity contribution in [1.29, 1.82) is 0 Å². The molecule has 1 aromatic rings.